The molecule has 0 amide bonds. The lowest BCUT2D eigenvalue weighted by Crippen LogP contribution is -2.26. The number of hydrogen-bond acceptors (Lipinski definition) is 1. The van der Waals surface area contributed by atoms with Crippen LogP contribution in [-0.4, -0.2) is 5.78 Å². The SMILES string of the molecule is CCCCCCC(=O)C1CCC(C)C(C)C1. The van der Waals surface area contributed by atoms with Crippen LogP contribution in [0.2, 0.25) is 0 Å². The summed E-state index contributed by atoms with van der Waals surface area (Å²) in [6.45, 7) is 6.85. The maximum atomic E-state index is 12.0. The fourth-order valence-corrected chi connectivity index (χ4v) is 2.77. The lowest BCUT2D eigenvalue weighted by atomic mass is 9.74. The summed E-state index contributed by atoms with van der Waals surface area (Å²) in [5, 5.41) is 0. The zero-order chi connectivity index (χ0) is 12.0. The summed E-state index contributed by atoms with van der Waals surface area (Å²) in [5.74, 6) is 2.52. The Morgan fingerprint density at radius 3 is 2.44 bits per heavy atom. The van der Waals surface area contributed by atoms with Crippen molar-refractivity contribution in [2.24, 2.45) is 17.8 Å². The van der Waals surface area contributed by atoms with Gasteiger partial charge in [0.2, 0.25) is 0 Å². The minimum atomic E-state index is 0.396. The van der Waals surface area contributed by atoms with Crippen LogP contribution in [0.25, 0.3) is 0 Å². The Morgan fingerprint density at radius 1 is 1.06 bits per heavy atom. The maximum absolute atomic E-state index is 12.0. The lowest BCUT2D eigenvalue weighted by Gasteiger charge is -2.31. The van der Waals surface area contributed by atoms with Gasteiger partial charge in [-0.15, -0.1) is 0 Å². The van der Waals surface area contributed by atoms with Gasteiger partial charge in [-0.25, -0.2) is 0 Å². The molecule has 1 aliphatic carbocycles. The molecule has 1 aliphatic rings. The van der Waals surface area contributed by atoms with Crippen molar-refractivity contribution in [2.45, 2.75) is 72.1 Å². The third kappa shape index (κ3) is 4.27. The van der Waals surface area contributed by atoms with Crippen LogP contribution < -0.4 is 0 Å². The molecule has 1 nitrogen and oxygen atoms in total. The smallest absolute Gasteiger partial charge is 0.135 e. The van der Waals surface area contributed by atoms with Gasteiger partial charge in [0.05, 0.1) is 0 Å². The van der Waals surface area contributed by atoms with Crippen molar-refractivity contribution in [1.29, 1.82) is 0 Å². The second-order valence-corrected chi connectivity index (χ2v) is 5.74. The maximum Gasteiger partial charge on any atom is 0.135 e. The minimum absolute atomic E-state index is 0.396. The summed E-state index contributed by atoms with van der Waals surface area (Å²) < 4.78 is 0. The van der Waals surface area contributed by atoms with Gasteiger partial charge < -0.3 is 0 Å². The van der Waals surface area contributed by atoms with E-state index in [2.05, 4.69) is 20.8 Å². The molecule has 0 aromatic heterocycles. The predicted octanol–water partition coefficient (Wildman–Crippen LogP) is 4.60. The highest BCUT2D eigenvalue weighted by Crippen LogP contribution is 2.34. The number of Topliss-reactive ketones (excluding diaryl/α,β-unsaturated/α-hetero) is 1. The fraction of sp³-hybridized carbons (Fsp3) is 0.933. The highest BCUT2D eigenvalue weighted by molar-refractivity contribution is 5.81. The average molecular weight is 224 g/mol. The van der Waals surface area contributed by atoms with Crippen LogP contribution in [0.3, 0.4) is 0 Å². The molecule has 94 valence electrons. The Bertz CT molecular complexity index is 209. The first-order chi connectivity index (χ1) is 7.65. The van der Waals surface area contributed by atoms with Gasteiger partial charge in [-0.1, -0.05) is 40.0 Å². The Labute approximate surface area is 101 Å². The van der Waals surface area contributed by atoms with Crippen molar-refractivity contribution in [3.63, 3.8) is 0 Å². The minimum Gasteiger partial charge on any atom is -0.299 e. The van der Waals surface area contributed by atoms with Gasteiger partial charge in [0, 0.05) is 12.3 Å². The van der Waals surface area contributed by atoms with Crippen molar-refractivity contribution in [1.82, 2.24) is 0 Å². The zero-order valence-corrected chi connectivity index (χ0v) is 11.3. The van der Waals surface area contributed by atoms with E-state index in [-0.39, 0.29) is 0 Å². The third-order valence-electron chi connectivity index (χ3n) is 4.33. The number of ketones is 1. The standard InChI is InChI=1S/C15H28O/c1-4-5-6-7-8-15(16)14-10-9-12(2)13(3)11-14/h12-14H,4-11H2,1-3H3. The van der Waals surface area contributed by atoms with E-state index in [1.807, 2.05) is 0 Å². The molecule has 1 rings (SSSR count). The first-order valence-corrected chi connectivity index (χ1v) is 7.17. The van der Waals surface area contributed by atoms with Gasteiger partial charge in [0.15, 0.2) is 0 Å². The van der Waals surface area contributed by atoms with E-state index >= 15 is 0 Å². The van der Waals surface area contributed by atoms with Crippen LogP contribution in [0.5, 0.6) is 0 Å². The number of carbonyl (C=O) groups is 1. The molecule has 0 saturated heterocycles. The molecule has 3 unspecified atom stereocenters. The van der Waals surface area contributed by atoms with Crippen molar-refractivity contribution < 1.29 is 4.79 Å². The largest absolute Gasteiger partial charge is 0.299 e. The third-order valence-corrected chi connectivity index (χ3v) is 4.33. The van der Waals surface area contributed by atoms with Crippen LogP contribution in [0.4, 0.5) is 0 Å². The molecule has 1 saturated carbocycles. The molecular weight excluding hydrogens is 196 g/mol. The molecule has 0 heterocycles. The van der Waals surface area contributed by atoms with Gasteiger partial charge in [-0.3, -0.25) is 4.79 Å². The molecule has 1 heteroatoms. The normalized spacial score (nSPS) is 30.3. The summed E-state index contributed by atoms with van der Waals surface area (Å²) in [6.07, 6.45) is 9.29. The van der Waals surface area contributed by atoms with Crippen molar-refractivity contribution in [3.8, 4) is 0 Å². The molecule has 16 heavy (non-hydrogen) atoms. The number of hydrogen-bond donors (Lipinski definition) is 0. The fourth-order valence-electron chi connectivity index (χ4n) is 2.77. The summed E-state index contributed by atoms with van der Waals surface area (Å²) in [4.78, 5) is 12.0. The van der Waals surface area contributed by atoms with Crippen LogP contribution in [0.1, 0.15) is 72.1 Å². The highest BCUT2D eigenvalue weighted by Gasteiger charge is 2.28. The van der Waals surface area contributed by atoms with E-state index in [0.717, 1.165) is 37.5 Å². The van der Waals surface area contributed by atoms with E-state index in [0.29, 0.717) is 11.7 Å². The lowest BCUT2D eigenvalue weighted by molar-refractivity contribution is -0.124. The van der Waals surface area contributed by atoms with Crippen LogP contribution in [0, 0.1) is 17.8 Å². The Balaban J connectivity index is 2.21. The van der Waals surface area contributed by atoms with Gasteiger partial charge in [0.25, 0.3) is 0 Å². The van der Waals surface area contributed by atoms with Crippen molar-refractivity contribution in [3.05, 3.63) is 0 Å². The summed E-state index contributed by atoms with van der Waals surface area (Å²) in [5.41, 5.74) is 0. The molecule has 3 atom stereocenters. The molecule has 0 aromatic rings. The number of unbranched alkanes of at least 4 members (excludes halogenated alkanes) is 3. The van der Waals surface area contributed by atoms with Crippen LogP contribution in [-0.2, 0) is 4.79 Å². The quantitative estimate of drug-likeness (QED) is 0.603. The Morgan fingerprint density at radius 2 is 1.81 bits per heavy atom. The van der Waals surface area contributed by atoms with E-state index in [4.69, 9.17) is 0 Å². The molecule has 0 aliphatic heterocycles. The van der Waals surface area contributed by atoms with Crippen LogP contribution in [0.15, 0.2) is 0 Å². The van der Waals surface area contributed by atoms with Crippen molar-refractivity contribution >= 4 is 5.78 Å². The molecule has 0 bridgehead atoms. The predicted molar refractivity (Wildman–Crippen MR) is 69.4 cm³/mol. The van der Waals surface area contributed by atoms with E-state index in [9.17, 15) is 4.79 Å². The first kappa shape index (κ1) is 13.7. The topological polar surface area (TPSA) is 17.1 Å². The molecule has 0 N–H and O–H groups in total. The number of rotatable bonds is 6. The Kier molecular flexibility index (Phi) is 6.08. The highest BCUT2D eigenvalue weighted by atomic mass is 16.1. The molecule has 0 aromatic carbocycles. The molecule has 1 fully saturated rings. The summed E-state index contributed by atoms with van der Waals surface area (Å²) >= 11 is 0. The molecule has 0 spiro atoms. The van der Waals surface area contributed by atoms with Gasteiger partial charge in [-0.2, -0.15) is 0 Å². The van der Waals surface area contributed by atoms with E-state index < -0.39 is 0 Å². The summed E-state index contributed by atoms with van der Waals surface area (Å²) in [7, 11) is 0. The van der Waals surface area contributed by atoms with Gasteiger partial charge >= 0.3 is 0 Å². The van der Waals surface area contributed by atoms with Gasteiger partial charge in [-0.05, 0) is 37.5 Å². The van der Waals surface area contributed by atoms with E-state index in [1.165, 1.54) is 25.7 Å². The van der Waals surface area contributed by atoms with Gasteiger partial charge in [0.1, 0.15) is 5.78 Å². The second-order valence-electron chi connectivity index (χ2n) is 5.74. The molecular formula is C15H28O. The van der Waals surface area contributed by atoms with Crippen LogP contribution >= 0.6 is 0 Å². The first-order valence-electron chi connectivity index (χ1n) is 7.17. The number of carbonyl (C=O) groups excluding carboxylic acids is 1. The Hall–Kier alpha value is -0.330. The summed E-state index contributed by atoms with van der Waals surface area (Å²) in [6, 6.07) is 0. The van der Waals surface area contributed by atoms with Crippen molar-refractivity contribution in [2.75, 3.05) is 0 Å². The monoisotopic (exact) mass is 224 g/mol. The zero-order valence-electron chi connectivity index (χ0n) is 11.3. The second kappa shape index (κ2) is 7.09. The average Bonchev–Trinajstić information content (AvgIpc) is 2.28. The molecule has 0 radical (unpaired) electrons. The van der Waals surface area contributed by atoms with E-state index in [1.54, 1.807) is 0 Å².